The molecule has 0 bridgehead atoms. The maximum Gasteiger partial charge on any atom is 0.338 e. The molecule has 4 heteroatoms. The van der Waals surface area contributed by atoms with Gasteiger partial charge in [-0.1, -0.05) is 178 Å². The molecule has 0 saturated heterocycles. The lowest BCUT2D eigenvalue weighted by molar-refractivity contribution is 0.0488. The zero-order valence-corrected chi connectivity index (χ0v) is 28.0. The van der Waals surface area contributed by atoms with Gasteiger partial charge >= 0.3 is 11.9 Å². The molecule has 2 aromatic carbocycles. The lowest BCUT2D eigenvalue weighted by Crippen LogP contribution is -2.08. The van der Waals surface area contributed by atoms with E-state index in [4.69, 9.17) is 9.47 Å². The van der Waals surface area contributed by atoms with Crippen LogP contribution in [0.15, 0.2) is 48.5 Å². The molecule has 0 saturated carbocycles. The standard InChI is InChI=1S/C40H60O4/c1-3-5-7-9-11-13-15-17-19-25-33-43-39(41)37-29-23-21-27-35(37)31-32-36-28-22-24-30-38(36)40(42)44-34-26-20-18-16-14-12-10-8-6-4-2/h21-24,27-32H,3-20,25-26,33-34H2,1-2H3/b32-31+. The van der Waals surface area contributed by atoms with Gasteiger partial charge in [-0.3, -0.25) is 0 Å². The highest BCUT2D eigenvalue weighted by molar-refractivity contribution is 5.97. The molecule has 0 aliphatic rings. The first-order valence-corrected chi connectivity index (χ1v) is 17.9. The smallest absolute Gasteiger partial charge is 0.338 e. The van der Waals surface area contributed by atoms with Gasteiger partial charge in [0.15, 0.2) is 0 Å². The number of carbonyl (C=O) groups excluding carboxylic acids is 2. The number of carbonyl (C=O) groups is 2. The largest absolute Gasteiger partial charge is 0.462 e. The summed E-state index contributed by atoms with van der Waals surface area (Å²) in [4.78, 5) is 25.7. The summed E-state index contributed by atoms with van der Waals surface area (Å²) in [5, 5.41) is 0. The Morgan fingerprint density at radius 2 is 0.750 bits per heavy atom. The van der Waals surface area contributed by atoms with Crippen LogP contribution < -0.4 is 0 Å². The van der Waals surface area contributed by atoms with E-state index >= 15 is 0 Å². The minimum atomic E-state index is -0.301. The van der Waals surface area contributed by atoms with Crippen LogP contribution in [0.3, 0.4) is 0 Å². The van der Waals surface area contributed by atoms with Crippen molar-refractivity contribution in [2.45, 2.75) is 142 Å². The molecule has 0 unspecified atom stereocenters. The van der Waals surface area contributed by atoms with E-state index in [0.717, 1.165) is 36.8 Å². The summed E-state index contributed by atoms with van der Waals surface area (Å²) in [5.74, 6) is -0.601. The van der Waals surface area contributed by atoms with E-state index in [9.17, 15) is 9.59 Å². The van der Waals surface area contributed by atoms with Crippen LogP contribution in [0.5, 0.6) is 0 Å². The van der Waals surface area contributed by atoms with Crippen molar-refractivity contribution in [1.29, 1.82) is 0 Å². The molecular weight excluding hydrogens is 544 g/mol. The molecule has 0 amide bonds. The van der Waals surface area contributed by atoms with Gasteiger partial charge in [0.05, 0.1) is 24.3 Å². The Kier molecular flexibility index (Phi) is 21.6. The summed E-state index contributed by atoms with van der Waals surface area (Å²) in [6.45, 7) is 5.40. The highest BCUT2D eigenvalue weighted by atomic mass is 16.5. The molecular formula is C40H60O4. The molecule has 0 aromatic heterocycles. The Bertz CT molecular complexity index is 973. The fraction of sp³-hybridized carbons (Fsp3) is 0.600. The van der Waals surface area contributed by atoms with Crippen LogP contribution in [-0.4, -0.2) is 25.2 Å². The molecule has 2 rings (SSSR count). The highest BCUT2D eigenvalue weighted by Gasteiger charge is 2.13. The van der Waals surface area contributed by atoms with Crippen molar-refractivity contribution in [3.8, 4) is 0 Å². The van der Waals surface area contributed by atoms with Crippen LogP contribution in [0, 0.1) is 0 Å². The number of unbranched alkanes of at least 4 members (excludes halogenated alkanes) is 18. The van der Waals surface area contributed by atoms with Gasteiger partial charge in [0.2, 0.25) is 0 Å². The monoisotopic (exact) mass is 604 g/mol. The maximum atomic E-state index is 12.9. The highest BCUT2D eigenvalue weighted by Crippen LogP contribution is 2.19. The van der Waals surface area contributed by atoms with Gasteiger partial charge in [-0.15, -0.1) is 0 Å². The number of esters is 2. The second kappa shape index (κ2) is 25.4. The summed E-state index contributed by atoms with van der Waals surface area (Å²) in [6.07, 6.45) is 28.7. The summed E-state index contributed by atoms with van der Waals surface area (Å²) in [6, 6.07) is 14.9. The van der Waals surface area contributed by atoms with Gasteiger partial charge < -0.3 is 9.47 Å². The molecule has 0 aliphatic heterocycles. The molecule has 0 fully saturated rings. The van der Waals surface area contributed by atoms with E-state index in [1.54, 1.807) is 12.1 Å². The Morgan fingerprint density at radius 3 is 1.09 bits per heavy atom. The van der Waals surface area contributed by atoms with E-state index in [-0.39, 0.29) is 11.9 Å². The lowest BCUT2D eigenvalue weighted by atomic mass is 10.0. The Balaban J connectivity index is 1.74. The quantitative estimate of drug-likeness (QED) is 0.0609. The van der Waals surface area contributed by atoms with Crippen LogP contribution in [0.4, 0.5) is 0 Å². The maximum absolute atomic E-state index is 12.9. The predicted octanol–water partition coefficient (Wildman–Crippen LogP) is 12.0. The second-order valence-electron chi connectivity index (χ2n) is 12.1. The lowest BCUT2D eigenvalue weighted by Gasteiger charge is -2.09. The first-order chi connectivity index (χ1) is 21.7. The van der Waals surface area contributed by atoms with E-state index in [1.165, 1.54) is 103 Å². The summed E-state index contributed by atoms with van der Waals surface area (Å²) in [7, 11) is 0. The second-order valence-corrected chi connectivity index (χ2v) is 12.1. The van der Waals surface area contributed by atoms with Gasteiger partial charge in [-0.2, -0.15) is 0 Å². The Hall–Kier alpha value is -2.88. The molecule has 0 spiro atoms. The van der Waals surface area contributed by atoms with Gasteiger partial charge in [-0.25, -0.2) is 9.59 Å². The zero-order chi connectivity index (χ0) is 31.5. The fourth-order valence-corrected chi connectivity index (χ4v) is 5.50. The van der Waals surface area contributed by atoms with Gasteiger partial charge in [-0.05, 0) is 36.1 Å². The first kappa shape index (κ1) is 37.3. The summed E-state index contributed by atoms with van der Waals surface area (Å²) in [5.41, 5.74) is 2.62. The van der Waals surface area contributed by atoms with Crippen LogP contribution in [0.1, 0.15) is 174 Å². The minimum absolute atomic E-state index is 0.301. The Labute approximate surface area is 269 Å². The van der Waals surface area contributed by atoms with Crippen molar-refractivity contribution in [2.75, 3.05) is 13.2 Å². The molecule has 0 radical (unpaired) electrons. The van der Waals surface area contributed by atoms with Crippen molar-refractivity contribution in [3.05, 3.63) is 70.8 Å². The topological polar surface area (TPSA) is 52.6 Å². The van der Waals surface area contributed by atoms with Crippen molar-refractivity contribution in [3.63, 3.8) is 0 Å². The molecule has 244 valence electrons. The Morgan fingerprint density at radius 1 is 0.455 bits per heavy atom. The van der Waals surface area contributed by atoms with Crippen molar-refractivity contribution >= 4 is 24.1 Å². The van der Waals surface area contributed by atoms with Crippen molar-refractivity contribution in [2.24, 2.45) is 0 Å². The van der Waals surface area contributed by atoms with Gasteiger partial charge in [0.25, 0.3) is 0 Å². The average Bonchev–Trinajstić information content (AvgIpc) is 3.05. The molecule has 44 heavy (non-hydrogen) atoms. The molecule has 0 heterocycles. The molecule has 0 atom stereocenters. The van der Waals surface area contributed by atoms with E-state index in [2.05, 4.69) is 13.8 Å². The normalized spacial score (nSPS) is 11.2. The number of benzene rings is 2. The first-order valence-electron chi connectivity index (χ1n) is 17.9. The predicted molar refractivity (Wildman–Crippen MR) is 186 cm³/mol. The van der Waals surface area contributed by atoms with E-state index in [1.807, 2.05) is 48.6 Å². The number of ether oxygens (including phenoxy) is 2. The number of rotatable bonds is 26. The minimum Gasteiger partial charge on any atom is -0.462 e. The third-order valence-corrected chi connectivity index (χ3v) is 8.27. The molecule has 2 aromatic rings. The van der Waals surface area contributed by atoms with Crippen LogP contribution in [0.2, 0.25) is 0 Å². The van der Waals surface area contributed by atoms with Gasteiger partial charge in [0.1, 0.15) is 0 Å². The third kappa shape index (κ3) is 16.8. The van der Waals surface area contributed by atoms with Gasteiger partial charge in [0, 0.05) is 0 Å². The molecule has 0 N–H and O–H groups in total. The van der Waals surface area contributed by atoms with Crippen molar-refractivity contribution < 1.29 is 19.1 Å². The SMILES string of the molecule is CCCCCCCCCCCCOC(=O)c1ccccc1/C=C/c1ccccc1C(=O)OCCCCCCCCCCCC. The van der Waals surface area contributed by atoms with E-state index < -0.39 is 0 Å². The van der Waals surface area contributed by atoms with Crippen LogP contribution >= 0.6 is 0 Å². The average molecular weight is 605 g/mol. The molecule has 0 aliphatic carbocycles. The summed E-state index contributed by atoms with van der Waals surface area (Å²) < 4.78 is 11.2. The van der Waals surface area contributed by atoms with Crippen LogP contribution in [0.25, 0.3) is 12.2 Å². The summed E-state index contributed by atoms with van der Waals surface area (Å²) >= 11 is 0. The number of hydrogen-bond donors (Lipinski definition) is 0. The zero-order valence-electron chi connectivity index (χ0n) is 28.0. The third-order valence-electron chi connectivity index (χ3n) is 8.27. The molecule has 4 nitrogen and oxygen atoms in total. The van der Waals surface area contributed by atoms with E-state index in [0.29, 0.717) is 24.3 Å². The fourth-order valence-electron chi connectivity index (χ4n) is 5.50. The number of hydrogen-bond acceptors (Lipinski definition) is 4. The van der Waals surface area contributed by atoms with Crippen LogP contribution in [-0.2, 0) is 9.47 Å². The van der Waals surface area contributed by atoms with Crippen molar-refractivity contribution in [1.82, 2.24) is 0 Å².